The predicted octanol–water partition coefficient (Wildman–Crippen LogP) is 0.00160. The zero-order chi connectivity index (χ0) is 46.4. The Kier molecular flexibility index (Phi) is 17.3. The monoisotopic (exact) mass is 877 g/mol. The lowest BCUT2D eigenvalue weighted by Gasteiger charge is -2.41. The summed E-state index contributed by atoms with van der Waals surface area (Å²) in [4.78, 5) is 104. The summed E-state index contributed by atoms with van der Waals surface area (Å²) in [5.41, 5.74) is 6.12. The second-order valence-electron chi connectivity index (χ2n) is 15.8. The summed E-state index contributed by atoms with van der Waals surface area (Å²) < 4.78 is 31.5. The molecule has 2 aromatic carbocycles. The number of halogens is 2. The van der Waals surface area contributed by atoms with Crippen molar-refractivity contribution in [3.63, 3.8) is 0 Å². The molecule has 8 amide bonds. The molecule has 0 aliphatic carbocycles. The van der Waals surface area contributed by atoms with Gasteiger partial charge in [-0.05, 0) is 48.7 Å². The molecule has 18 nitrogen and oxygen atoms in total. The lowest BCUT2D eigenvalue weighted by atomic mass is 9.82. The number of amides is 8. The molecule has 0 saturated carbocycles. The SMILES string of the molecule is CNCC(=O)N[C@@H](CC(N)=O)C(=O)N[C@@H](CCN(C(=O)CO)[C@@H](c1cc(-c2cc(F)ccc2F)cn1Cc1ccccc1)C(C)(C)C)C(=O)NCCNC(=O)CN1C(=O)C=CC1=O. The Balaban J connectivity index is 1.68. The van der Waals surface area contributed by atoms with Crippen LogP contribution in [0.3, 0.4) is 0 Å². The molecule has 0 fully saturated rings. The van der Waals surface area contributed by atoms with Gasteiger partial charge in [-0.2, -0.15) is 0 Å². The first kappa shape index (κ1) is 48.9. The highest BCUT2D eigenvalue weighted by Gasteiger charge is 2.38. The number of hydrogen-bond acceptors (Lipinski definition) is 10. The number of hydrogen-bond donors (Lipinski definition) is 7. The van der Waals surface area contributed by atoms with E-state index in [2.05, 4.69) is 26.6 Å². The molecule has 20 heteroatoms. The van der Waals surface area contributed by atoms with Crippen LogP contribution >= 0.6 is 0 Å². The van der Waals surface area contributed by atoms with Gasteiger partial charge in [0.05, 0.1) is 19.0 Å². The third-order valence-corrected chi connectivity index (χ3v) is 9.87. The maximum absolute atomic E-state index is 15.2. The molecule has 8 N–H and O–H groups in total. The van der Waals surface area contributed by atoms with Gasteiger partial charge in [-0.15, -0.1) is 0 Å². The summed E-state index contributed by atoms with van der Waals surface area (Å²) in [5, 5.41) is 22.9. The molecule has 0 spiro atoms. The van der Waals surface area contributed by atoms with Crippen LogP contribution in [0.2, 0.25) is 0 Å². The summed E-state index contributed by atoms with van der Waals surface area (Å²) in [5.74, 6) is -7.53. The van der Waals surface area contributed by atoms with Crippen LogP contribution in [0.25, 0.3) is 11.1 Å². The van der Waals surface area contributed by atoms with E-state index in [-0.39, 0.29) is 44.7 Å². The molecule has 3 atom stereocenters. The molecule has 0 unspecified atom stereocenters. The minimum Gasteiger partial charge on any atom is -0.387 e. The maximum atomic E-state index is 15.2. The average Bonchev–Trinajstić information content (AvgIpc) is 3.77. The molecule has 338 valence electrons. The first-order valence-corrected chi connectivity index (χ1v) is 20.0. The number of nitrogens with two attached hydrogens (primary N) is 1. The number of carbonyl (C=O) groups is 8. The Labute approximate surface area is 362 Å². The number of primary amides is 1. The molecular formula is C43H53F2N9O9. The average molecular weight is 878 g/mol. The summed E-state index contributed by atoms with van der Waals surface area (Å²) in [6.45, 7) is 3.28. The van der Waals surface area contributed by atoms with Crippen LogP contribution < -0.4 is 32.3 Å². The van der Waals surface area contributed by atoms with Crippen molar-refractivity contribution in [2.45, 2.75) is 58.3 Å². The van der Waals surface area contributed by atoms with Gasteiger partial charge in [0.15, 0.2) is 0 Å². The number of aliphatic hydroxyl groups excluding tert-OH is 1. The molecule has 1 aliphatic heterocycles. The lowest BCUT2D eigenvalue weighted by molar-refractivity contribution is -0.141. The topological polar surface area (TPSA) is 254 Å². The second kappa shape index (κ2) is 22.3. The maximum Gasteiger partial charge on any atom is 0.254 e. The first-order valence-electron chi connectivity index (χ1n) is 20.0. The predicted molar refractivity (Wildman–Crippen MR) is 224 cm³/mol. The number of likely N-dealkylation sites (N-methyl/N-ethyl adjacent to an activating group) is 1. The van der Waals surface area contributed by atoms with Gasteiger partial charge in [-0.3, -0.25) is 43.3 Å². The van der Waals surface area contributed by atoms with Crippen molar-refractivity contribution < 1.29 is 52.2 Å². The minimum absolute atomic E-state index is 0.0336. The van der Waals surface area contributed by atoms with E-state index < -0.39 is 102 Å². The van der Waals surface area contributed by atoms with Crippen LogP contribution in [0.4, 0.5) is 8.78 Å². The first-order chi connectivity index (χ1) is 29.8. The van der Waals surface area contributed by atoms with Gasteiger partial charge in [0.2, 0.25) is 35.4 Å². The largest absolute Gasteiger partial charge is 0.387 e. The van der Waals surface area contributed by atoms with Crippen molar-refractivity contribution in [3.05, 3.63) is 95.8 Å². The Morgan fingerprint density at radius 2 is 1.52 bits per heavy atom. The van der Waals surface area contributed by atoms with Crippen LogP contribution in [0, 0.1) is 17.0 Å². The normalized spacial score (nSPS) is 13.9. The van der Waals surface area contributed by atoms with Gasteiger partial charge in [-0.1, -0.05) is 51.1 Å². The molecule has 0 saturated heterocycles. The highest BCUT2D eigenvalue weighted by molar-refractivity contribution is 6.14. The van der Waals surface area contributed by atoms with Gasteiger partial charge in [0, 0.05) is 61.3 Å². The molecule has 0 radical (unpaired) electrons. The Morgan fingerprint density at radius 3 is 2.14 bits per heavy atom. The molecule has 2 heterocycles. The van der Waals surface area contributed by atoms with Gasteiger partial charge in [-0.25, -0.2) is 8.78 Å². The summed E-state index contributed by atoms with van der Waals surface area (Å²) in [7, 11) is 1.48. The molecule has 0 bridgehead atoms. The van der Waals surface area contributed by atoms with E-state index in [1.54, 1.807) is 16.8 Å². The van der Waals surface area contributed by atoms with Crippen molar-refractivity contribution >= 4 is 47.3 Å². The number of aromatic nitrogens is 1. The number of nitrogens with zero attached hydrogens (tertiary/aromatic N) is 3. The number of nitrogens with one attached hydrogen (secondary N) is 5. The number of aliphatic hydroxyl groups is 1. The van der Waals surface area contributed by atoms with Crippen LogP contribution in [0.15, 0.2) is 72.9 Å². The van der Waals surface area contributed by atoms with Crippen molar-refractivity contribution in [1.82, 2.24) is 41.0 Å². The van der Waals surface area contributed by atoms with E-state index >= 15 is 4.39 Å². The highest BCUT2D eigenvalue weighted by atomic mass is 19.1. The number of benzene rings is 2. The number of imide groups is 1. The smallest absolute Gasteiger partial charge is 0.254 e. The van der Waals surface area contributed by atoms with Gasteiger partial charge in [0.25, 0.3) is 11.8 Å². The Bertz CT molecular complexity index is 2190. The number of rotatable bonds is 22. The third-order valence-electron chi connectivity index (χ3n) is 9.87. The fourth-order valence-corrected chi connectivity index (χ4v) is 7.02. The van der Waals surface area contributed by atoms with Crippen LogP contribution in [0.1, 0.15) is 50.9 Å². The van der Waals surface area contributed by atoms with E-state index in [0.29, 0.717) is 11.3 Å². The zero-order valence-electron chi connectivity index (χ0n) is 35.4. The van der Waals surface area contributed by atoms with Gasteiger partial charge < -0.3 is 46.9 Å². The quantitative estimate of drug-likeness (QED) is 0.0526. The third kappa shape index (κ3) is 13.9. The summed E-state index contributed by atoms with van der Waals surface area (Å²) >= 11 is 0. The lowest BCUT2D eigenvalue weighted by Crippen LogP contribution is -2.56. The number of carbonyl (C=O) groups excluding carboxylic acids is 8. The fourth-order valence-electron chi connectivity index (χ4n) is 7.02. The molecule has 3 aromatic rings. The summed E-state index contributed by atoms with van der Waals surface area (Å²) in [6.07, 6.45) is 2.74. The molecular weight excluding hydrogens is 825 g/mol. The van der Waals surface area contributed by atoms with E-state index in [9.17, 15) is 47.9 Å². The van der Waals surface area contributed by atoms with Gasteiger partial charge >= 0.3 is 0 Å². The highest BCUT2D eigenvalue weighted by Crippen LogP contribution is 2.41. The zero-order valence-corrected chi connectivity index (χ0v) is 35.4. The Morgan fingerprint density at radius 1 is 0.857 bits per heavy atom. The second-order valence-corrected chi connectivity index (χ2v) is 15.8. The van der Waals surface area contributed by atoms with Crippen LogP contribution in [-0.2, 0) is 44.9 Å². The van der Waals surface area contributed by atoms with E-state index in [1.807, 2.05) is 51.1 Å². The molecule has 4 rings (SSSR count). The van der Waals surface area contributed by atoms with Crippen molar-refractivity contribution in [1.29, 1.82) is 0 Å². The molecule has 1 aromatic heterocycles. The van der Waals surface area contributed by atoms with E-state index in [4.69, 9.17) is 5.73 Å². The Hall–Kier alpha value is -6.80. The molecule has 63 heavy (non-hydrogen) atoms. The fraction of sp³-hybridized carbons (Fsp3) is 0.395. The van der Waals surface area contributed by atoms with Crippen LogP contribution in [-0.4, -0.2) is 125 Å². The minimum atomic E-state index is -1.51. The molecule has 1 aliphatic rings. The van der Waals surface area contributed by atoms with Crippen molar-refractivity contribution in [2.75, 3.05) is 46.4 Å². The van der Waals surface area contributed by atoms with Crippen molar-refractivity contribution in [3.8, 4) is 11.1 Å². The van der Waals surface area contributed by atoms with E-state index in [0.717, 1.165) is 40.8 Å². The standard InChI is InChI=1S/C43H53F2N9O9/c1-43(2,3)40(33-18-27(29-19-28(44)10-11-30(29)45)23-52(33)22-26-8-6-5-7-9-26)53(39(61)25-55)17-14-31(51-42(63)32(20-34(46)56)50-35(57)21-47-4)41(62)49-16-15-48-36(58)24-54-37(59)12-13-38(54)60/h5-13,18-19,23,31-32,40,47,55H,14-17,20-22,24-25H2,1-4H3,(H2,46,56)(H,48,58)(H,49,62)(H,50,57)(H,51,63)/t31-,32-,40-/m0/s1. The van der Waals surface area contributed by atoms with Crippen molar-refractivity contribution in [2.24, 2.45) is 11.1 Å². The van der Waals surface area contributed by atoms with E-state index in [1.165, 1.54) is 11.9 Å². The van der Waals surface area contributed by atoms with Crippen LogP contribution in [0.5, 0.6) is 0 Å². The summed E-state index contributed by atoms with van der Waals surface area (Å²) in [6, 6.07) is 10.0. The van der Waals surface area contributed by atoms with Gasteiger partial charge in [0.1, 0.15) is 36.9 Å².